The molecule has 1 unspecified atom stereocenters. The number of urea groups is 1. The molecule has 8 nitrogen and oxygen atoms in total. The van der Waals surface area contributed by atoms with E-state index in [1.165, 1.54) is 10.4 Å². The predicted molar refractivity (Wildman–Crippen MR) is 119 cm³/mol. The van der Waals surface area contributed by atoms with Crippen LogP contribution in [0.2, 0.25) is 0 Å². The van der Waals surface area contributed by atoms with Crippen molar-refractivity contribution in [2.45, 2.75) is 32.4 Å². The van der Waals surface area contributed by atoms with Crippen LogP contribution in [0, 0.1) is 0 Å². The van der Waals surface area contributed by atoms with Gasteiger partial charge in [-0.15, -0.1) is 11.3 Å². The van der Waals surface area contributed by atoms with E-state index in [4.69, 9.17) is 14.2 Å². The summed E-state index contributed by atoms with van der Waals surface area (Å²) in [6.45, 7) is 3.52. The Labute approximate surface area is 186 Å². The number of amides is 3. The minimum atomic E-state index is -0.340. The first kappa shape index (κ1) is 22.7. The smallest absolute Gasteiger partial charge is 0.315 e. The van der Waals surface area contributed by atoms with Crippen molar-refractivity contribution in [2.24, 2.45) is 0 Å². The van der Waals surface area contributed by atoms with Gasteiger partial charge in [-0.3, -0.25) is 4.79 Å². The molecule has 0 aliphatic carbocycles. The number of hydrogen-bond donors (Lipinski definition) is 2. The highest BCUT2D eigenvalue weighted by Crippen LogP contribution is 2.39. The molecule has 2 heterocycles. The number of hydrogen-bond acceptors (Lipinski definition) is 6. The van der Waals surface area contributed by atoms with Crippen molar-refractivity contribution in [1.29, 1.82) is 0 Å². The highest BCUT2D eigenvalue weighted by atomic mass is 32.1. The average Bonchev–Trinajstić information content (AvgIpc) is 3.25. The monoisotopic (exact) mass is 447 g/mol. The van der Waals surface area contributed by atoms with Crippen molar-refractivity contribution >= 4 is 23.3 Å². The molecule has 1 aliphatic heterocycles. The Morgan fingerprint density at radius 1 is 1.16 bits per heavy atom. The van der Waals surface area contributed by atoms with Gasteiger partial charge in [0, 0.05) is 30.9 Å². The summed E-state index contributed by atoms with van der Waals surface area (Å²) >= 11 is 1.75. The van der Waals surface area contributed by atoms with Crippen molar-refractivity contribution in [3.8, 4) is 17.2 Å². The molecular formula is C22H29N3O5S. The van der Waals surface area contributed by atoms with E-state index in [1.54, 1.807) is 44.8 Å². The molecule has 0 spiro atoms. The summed E-state index contributed by atoms with van der Waals surface area (Å²) in [7, 11) is 4.63. The first-order valence-corrected chi connectivity index (χ1v) is 11.0. The van der Waals surface area contributed by atoms with Gasteiger partial charge in [-0.2, -0.15) is 0 Å². The molecule has 3 rings (SSSR count). The molecule has 0 bridgehead atoms. The SMILES string of the molecule is COc1cc(C(C)NC(=O)NCCC(=O)N2CCc3sccc3C2)cc(OC)c1OC. The summed E-state index contributed by atoms with van der Waals surface area (Å²) in [5, 5.41) is 7.71. The normalized spacial score (nSPS) is 13.7. The summed E-state index contributed by atoms with van der Waals surface area (Å²) in [4.78, 5) is 28.0. The van der Waals surface area contributed by atoms with Crippen molar-refractivity contribution < 1.29 is 23.8 Å². The average molecular weight is 448 g/mol. The maximum Gasteiger partial charge on any atom is 0.315 e. The zero-order chi connectivity index (χ0) is 22.4. The van der Waals surface area contributed by atoms with E-state index in [0.29, 0.717) is 23.8 Å². The third-order valence-corrected chi connectivity index (χ3v) is 6.34. The number of methoxy groups -OCH3 is 3. The van der Waals surface area contributed by atoms with E-state index in [2.05, 4.69) is 22.1 Å². The Kier molecular flexibility index (Phi) is 7.62. The number of ether oxygens (including phenoxy) is 3. The molecule has 1 aromatic heterocycles. The number of nitrogens with one attached hydrogen (secondary N) is 2. The molecule has 0 saturated carbocycles. The van der Waals surface area contributed by atoms with Gasteiger partial charge in [0.05, 0.1) is 27.4 Å². The second-order valence-electron chi connectivity index (χ2n) is 7.26. The Morgan fingerprint density at radius 2 is 1.87 bits per heavy atom. The van der Waals surface area contributed by atoms with Crippen LogP contribution in [0.5, 0.6) is 17.2 Å². The van der Waals surface area contributed by atoms with Gasteiger partial charge >= 0.3 is 6.03 Å². The van der Waals surface area contributed by atoms with Crippen LogP contribution in [0.4, 0.5) is 4.79 Å². The van der Waals surface area contributed by atoms with Crippen LogP contribution in [-0.2, 0) is 17.8 Å². The number of fused-ring (bicyclic) bond motifs is 1. The lowest BCUT2D eigenvalue weighted by molar-refractivity contribution is -0.131. The van der Waals surface area contributed by atoms with Crippen molar-refractivity contribution in [2.75, 3.05) is 34.4 Å². The van der Waals surface area contributed by atoms with E-state index < -0.39 is 0 Å². The molecule has 168 valence electrons. The number of thiophene rings is 1. The summed E-state index contributed by atoms with van der Waals surface area (Å²) in [5.41, 5.74) is 2.04. The molecule has 3 amide bonds. The molecule has 0 saturated heterocycles. The second kappa shape index (κ2) is 10.4. The van der Waals surface area contributed by atoms with Crippen LogP contribution >= 0.6 is 11.3 Å². The molecule has 0 radical (unpaired) electrons. The molecule has 1 aromatic carbocycles. The minimum absolute atomic E-state index is 0.0508. The molecule has 0 fully saturated rings. The van der Waals surface area contributed by atoms with Gasteiger partial charge < -0.3 is 29.7 Å². The van der Waals surface area contributed by atoms with Crippen LogP contribution in [0.3, 0.4) is 0 Å². The van der Waals surface area contributed by atoms with Crippen molar-refractivity contribution in [3.05, 3.63) is 39.6 Å². The van der Waals surface area contributed by atoms with Crippen LogP contribution in [0.25, 0.3) is 0 Å². The summed E-state index contributed by atoms with van der Waals surface area (Å²) in [6.07, 6.45) is 1.17. The number of carbonyl (C=O) groups is 2. The summed E-state index contributed by atoms with van der Waals surface area (Å²) in [5.74, 6) is 1.59. The van der Waals surface area contributed by atoms with Crippen LogP contribution in [0.15, 0.2) is 23.6 Å². The Balaban J connectivity index is 1.49. The predicted octanol–water partition coefficient (Wildman–Crippen LogP) is 3.11. The molecule has 2 aromatic rings. The summed E-state index contributed by atoms with van der Waals surface area (Å²) in [6, 6.07) is 5.03. The quantitative estimate of drug-likeness (QED) is 0.649. The molecule has 1 atom stereocenters. The number of rotatable bonds is 8. The first-order valence-electron chi connectivity index (χ1n) is 10.1. The van der Waals surface area contributed by atoms with Gasteiger partial charge in [0.2, 0.25) is 11.7 Å². The Hall–Kier alpha value is -2.94. The fraction of sp³-hybridized carbons (Fsp3) is 0.455. The standard InChI is InChI=1S/C22H29N3O5S/c1-14(16-11-17(28-2)21(30-4)18(12-16)29-3)24-22(27)23-8-5-20(26)25-9-6-19-15(13-25)7-10-31-19/h7,10-12,14H,5-6,8-9,13H2,1-4H3,(H2,23,24,27). The molecule has 2 N–H and O–H groups in total. The van der Waals surface area contributed by atoms with Gasteiger partial charge in [0.1, 0.15) is 0 Å². The zero-order valence-corrected chi connectivity index (χ0v) is 19.1. The third-order valence-electron chi connectivity index (χ3n) is 5.32. The topological polar surface area (TPSA) is 89.1 Å². The minimum Gasteiger partial charge on any atom is -0.493 e. The van der Waals surface area contributed by atoms with E-state index in [1.807, 2.05) is 11.8 Å². The number of carbonyl (C=O) groups excluding carboxylic acids is 2. The van der Waals surface area contributed by atoms with Crippen molar-refractivity contribution in [3.63, 3.8) is 0 Å². The van der Waals surface area contributed by atoms with Gasteiger partial charge in [-0.05, 0) is 48.1 Å². The highest BCUT2D eigenvalue weighted by Gasteiger charge is 2.21. The van der Waals surface area contributed by atoms with Gasteiger partial charge in [0.15, 0.2) is 11.5 Å². The van der Waals surface area contributed by atoms with Crippen molar-refractivity contribution in [1.82, 2.24) is 15.5 Å². The lowest BCUT2D eigenvalue weighted by Crippen LogP contribution is -2.40. The van der Waals surface area contributed by atoms with Crippen LogP contribution in [0.1, 0.15) is 35.4 Å². The van der Waals surface area contributed by atoms with Crippen LogP contribution < -0.4 is 24.8 Å². The van der Waals surface area contributed by atoms with Gasteiger partial charge in [0.25, 0.3) is 0 Å². The van der Waals surface area contributed by atoms with E-state index in [0.717, 1.165) is 18.5 Å². The molecule has 1 aliphatic rings. The van der Waals surface area contributed by atoms with E-state index >= 15 is 0 Å². The number of benzene rings is 1. The van der Waals surface area contributed by atoms with Crippen LogP contribution in [-0.4, -0.2) is 51.3 Å². The third kappa shape index (κ3) is 5.41. The lowest BCUT2D eigenvalue weighted by Gasteiger charge is -2.27. The maximum atomic E-state index is 12.5. The number of nitrogens with zero attached hydrogens (tertiary/aromatic N) is 1. The lowest BCUT2D eigenvalue weighted by atomic mass is 10.1. The van der Waals surface area contributed by atoms with Gasteiger partial charge in [-0.1, -0.05) is 0 Å². The molecular weight excluding hydrogens is 418 g/mol. The van der Waals surface area contributed by atoms with E-state index in [-0.39, 0.29) is 30.9 Å². The highest BCUT2D eigenvalue weighted by molar-refractivity contribution is 7.10. The van der Waals surface area contributed by atoms with Gasteiger partial charge in [-0.25, -0.2) is 4.79 Å². The first-order chi connectivity index (χ1) is 15.0. The Morgan fingerprint density at radius 3 is 2.52 bits per heavy atom. The summed E-state index contributed by atoms with van der Waals surface area (Å²) < 4.78 is 16.1. The fourth-order valence-electron chi connectivity index (χ4n) is 3.58. The second-order valence-corrected chi connectivity index (χ2v) is 8.27. The van der Waals surface area contributed by atoms with E-state index in [9.17, 15) is 9.59 Å². The fourth-order valence-corrected chi connectivity index (χ4v) is 4.47. The zero-order valence-electron chi connectivity index (χ0n) is 18.3. The largest absolute Gasteiger partial charge is 0.493 e. The Bertz CT molecular complexity index is 905. The molecule has 9 heteroatoms. The molecule has 31 heavy (non-hydrogen) atoms. The maximum absolute atomic E-state index is 12.5.